The quantitative estimate of drug-likeness (QED) is 0.602. The van der Waals surface area contributed by atoms with E-state index in [0.29, 0.717) is 11.4 Å². The number of carbonyl (C=O) groups is 1. The molecule has 0 saturated carbocycles. The first-order valence-corrected chi connectivity index (χ1v) is 7.78. The van der Waals surface area contributed by atoms with E-state index < -0.39 is 0 Å². The van der Waals surface area contributed by atoms with E-state index in [-0.39, 0.29) is 5.91 Å². The number of nitrogens with one attached hydrogen (secondary N) is 2. The van der Waals surface area contributed by atoms with Gasteiger partial charge in [0, 0.05) is 36.9 Å². The maximum atomic E-state index is 12.3. The highest BCUT2D eigenvalue weighted by Gasteiger charge is 2.12. The molecule has 4 aromatic rings. The molecule has 0 aliphatic rings. The number of nitrogens with zero attached hydrogens (tertiary/aromatic N) is 4. The molecule has 0 aromatic carbocycles. The largest absolute Gasteiger partial charge is 0.347 e. The Kier molecular flexibility index (Phi) is 3.35. The number of amides is 1. The Morgan fingerprint density at radius 2 is 2.26 bits per heavy atom. The first-order valence-electron chi connectivity index (χ1n) is 6.96. The summed E-state index contributed by atoms with van der Waals surface area (Å²) in [5.41, 5.74) is 1.62. The highest BCUT2D eigenvalue weighted by molar-refractivity contribution is 7.17. The fraction of sp³-hybridized carbons (Fsp3) is 0.0667. The maximum Gasteiger partial charge on any atom is 0.261 e. The second-order valence-corrected chi connectivity index (χ2v) is 5.93. The predicted octanol–water partition coefficient (Wildman–Crippen LogP) is 2.11. The normalized spacial score (nSPS) is 11.0. The average molecular weight is 324 g/mol. The van der Waals surface area contributed by atoms with Crippen LogP contribution in [0.15, 0.2) is 49.2 Å². The van der Waals surface area contributed by atoms with Gasteiger partial charge in [0.15, 0.2) is 5.65 Å². The molecule has 7 nitrogen and oxygen atoms in total. The summed E-state index contributed by atoms with van der Waals surface area (Å²) in [5.74, 6) is 0.643. The molecule has 0 saturated heterocycles. The van der Waals surface area contributed by atoms with Crippen LogP contribution in [0.25, 0.3) is 16.3 Å². The van der Waals surface area contributed by atoms with Gasteiger partial charge in [-0.25, -0.2) is 14.5 Å². The number of hydrogen-bond donors (Lipinski definition) is 2. The lowest BCUT2D eigenvalue weighted by Crippen LogP contribution is -2.21. The molecule has 0 radical (unpaired) electrons. The minimum Gasteiger partial charge on any atom is -0.347 e. The Hall–Kier alpha value is -3.00. The van der Waals surface area contributed by atoms with Gasteiger partial charge >= 0.3 is 0 Å². The first-order chi connectivity index (χ1) is 11.3. The van der Waals surface area contributed by atoms with Crippen LogP contribution in [0.5, 0.6) is 0 Å². The van der Waals surface area contributed by atoms with E-state index in [1.54, 1.807) is 35.4 Å². The molecule has 0 atom stereocenters. The van der Waals surface area contributed by atoms with Crippen molar-refractivity contribution in [3.05, 3.63) is 59.6 Å². The third-order valence-electron chi connectivity index (χ3n) is 3.35. The molecular formula is C15H12N6OS. The van der Waals surface area contributed by atoms with Crippen molar-refractivity contribution < 1.29 is 4.79 Å². The second kappa shape index (κ2) is 5.65. The number of rotatable bonds is 4. The molecule has 2 N–H and O–H groups in total. The Labute approximate surface area is 135 Å². The lowest BCUT2D eigenvalue weighted by molar-refractivity contribution is 0.0955. The van der Waals surface area contributed by atoms with Crippen molar-refractivity contribution >= 4 is 22.9 Å². The smallest absolute Gasteiger partial charge is 0.261 e. The van der Waals surface area contributed by atoms with E-state index in [1.165, 1.54) is 11.3 Å². The van der Waals surface area contributed by atoms with Gasteiger partial charge in [0.05, 0.1) is 16.0 Å². The second-order valence-electron chi connectivity index (χ2n) is 4.84. The maximum absolute atomic E-state index is 12.3. The Balaban J connectivity index is 1.48. The van der Waals surface area contributed by atoms with Gasteiger partial charge in [0.25, 0.3) is 5.91 Å². The number of fused-ring (bicyclic) bond motifs is 1. The van der Waals surface area contributed by atoms with Crippen LogP contribution in [0.4, 0.5) is 0 Å². The van der Waals surface area contributed by atoms with Crippen LogP contribution in [-0.4, -0.2) is 30.5 Å². The molecule has 0 fully saturated rings. The highest BCUT2D eigenvalue weighted by Crippen LogP contribution is 2.25. The molecule has 0 unspecified atom stereocenters. The minimum absolute atomic E-state index is 0.122. The van der Waals surface area contributed by atoms with Gasteiger partial charge in [-0.1, -0.05) is 0 Å². The van der Waals surface area contributed by atoms with Gasteiger partial charge in [-0.3, -0.25) is 4.79 Å². The Morgan fingerprint density at radius 1 is 1.30 bits per heavy atom. The molecule has 8 heteroatoms. The van der Waals surface area contributed by atoms with Crippen molar-refractivity contribution in [2.75, 3.05) is 0 Å². The van der Waals surface area contributed by atoms with Crippen molar-refractivity contribution in [2.24, 2.45) is 0 Å². The van der Waals surface area contributed by atoms with Crippen molar-refractivity contribution in [3.8, 4) is 10.7 Å². The van der Waals surface area contributed by atoms with Gasteiger partial charge in [0.2, 0.25) is 0 Å². The molecule has 1 amide bonds. The highest BCUT2D eigenvalue weighted by atomic mass is 32.1. The summed E-state index contributed by atoms with van der Waals surface area (Å²) >= 11 is 1.40. The minimum atomic E-state index is -0.122. The standard InChI is InChI=1S/C15H12N6OS/c22-15(12-3-2-11(23-12)13-16-5-6-17-13)19-8-10-9-20-21-7-1-4-18-14(10)21/h1-7,9H,8H2,(H,16,17)(H,19,22). The third kappa shape index (κ3) is 2.59. The number of aromatic amines is 1. The van der Waals surface area contributed by atoms with Crippen molar-refractivity contribution in [2.45, 2.75) is 6.54 Å². The Morgan fingerprint density at radius 3 is 3.13 bits per heavy atom. The van der Waals surface area contributed by atoms with E-state index >= 15 is 0 Å². The summed E-state index contributed by atoms with van der Waals surface area (Å²) in [4.78, 5) is 25.3. The van der Waals surface area contributed by atoms with Gasteiger partial charge in [-0.15, -0.1) is 11.3 Å². The van der Waals surface area contributed by atoms with E-state index in [4.69, 9.17) is 0 Å². The van der Waals surface area contributed by atoms with Gasteiger partial charge < -0.3 is 10.3 Å². The van der Waals surface area contributed by atoms with Gasteiger partial charge in [-0.2, -0.15) is 5.10 Å². The zero-order valence-electron chi connectivity index (χ0n) is 11.9. The number of carbonyl (C=O) groups excluding carboxylic acids is 1. The summed E-state index contributed by atoms with van der Waals surface area (Å²) < 4.78 is 1.68. The van der Waals surface area contributed by atoms with Gasteiger partial charge in [-0.05, 0) is 18.2 Å². The summed E-state index contributed by atoms with van der Waals surface area (Å²) in [6.45, 7) is 0.382. The van der Waals surface area contributed by atoms with E-state index in [9.17, 15) is 4.79 Å². The molecule has 4 aromatic heterocycles. The molecule has 0 bridgehead atoms. The van der Waals surface area contributed by atoms with Crippen LogP contribution in [0.1, 0.15) is 15.2 Å². The van der Waals surface area contributed by atoms with Crippen LogP contribution in [0, 0.1) is 0 Å². The predicted molar refractivity (Wildman–Crippen MR) is 86.1 cm³/mol. The Bertz CT molecular complexity index is 955. The molecule has 4 rings (SSSR count). The number of aromatic nitrogens is 5. The monoisotopic (exact) mass is 324 g/mol. The molecule has 4 heterocycles. The molecule has 23 heavy (non-hydrogen) atoms. The first kappa shape index (κ1) is 13.6. The van der Waals surface area contributed by atoms with Crippen LogP contribution in [0.2, 0.25) is 0 Å². The summed E-state index contributed by atoms with van der Waals surface area (Å²) in [6, 6.07) is 5.49. The van der Waals surface area contributed by atoms with Crippen LogP contribution >= 0.6 is 11.3 Å². The van der Waals surface area contributed by atoms with E-state index in [1.807, 2.05) is 18.3 Å². The molecule has 0 spiro atoms. The van der Waals surface area contributed by atoms with Crippen molar-refractivity contribution in [1.29, 1.82) is 0 Å². The van der Waals surface area contributed by atoms with Crippen LogP contribution < -0.4 is 5.32 Å². The fourth-order valence-corrected chi connectivity index (χ4v) is 3.13. The zero-order chi connectivity index (χ0) is 15.6. The molecule has 114 valence electrons. The van der Waals surface area contributed by atoms with Crippen molar-refractivity contribution in [3.63, 3.8) is 0 Å². The number of thiophene rings is 1. The molecular weight excluding hydrogens is 312 g/mol. The van der Waals surface area contributed by atoms with Crippen molar-refractivity contribution in [1.82, 2.24) is 29.9 Å². The lowest BCUT2D eigenvalue weighted by Gasteiger charge is -2.01. The van der Waals surface area contributed by atoms with E-state index in [2.05, 4.69) is 25.4 Å². The third-order valence-corrected chi connectivity index (χ3v) is 4.44. The SMILES string of the molecule is O=C(NCc1cnn2cccnc12)c1ccc(-c2ncc[nH]2)s1. The van der Waals surface area contributed by atoms with Crippen LogP contribution in [-0.2, 0) is 6.54 Å². The number of hydrogen-bond acceptors (Lipinski definition) is 5. The fourth-order valence-electron chi connectivity index (χ4n) is 2.25. The van der Waals surface area contributed by atoms with Crippen LogP contribution in [0.3, 0.4) is 0 Å². The summed E-state index contributed by atoms with van der Waals surface area (Å²) in [7, 11) is 0. The number of H-pyrrole nitrogens is 1. The topological polar surface area (TPSA) is 88.0 Å². The zero-order valence-corrected chi connectivity index (χ0v) is 12.7. The van der Waals surface area contributed by atoms with E-state index in [0.717, 1.165) is 21.9 Å². The molecule has 0 aliphatic heterocycles. The van der Waals surface area contributed by atoms with Gasteiger partial charge in [0.1, 0.15) is 5.82 Å². The number of imidazole rings is 1. The summed E-state index contributed by atoms with van der Waals surface area (Å²) in [5, 5.41) is 7.10. The average Bonchev–Trinajstić information content (AvgIpc) is 3.31. The lowest BCUT2D eigenvalue weighted by atomic mass is 10.3. The molecule has 0 aliphatic carbocycles. The summed E-state index contributed by atoms with van der Waals surface area (Å²) in [6.07, 6.45) is 8.69.